The average Bonchev–Trinajstić information content (AvgIpc) is 3.14. The molecule has 2 heterocycles. The summed E-state index contributed by atoms with van der Waals surface area (Å²) in [4.78, 5) is 33.1. The van der Waals surface area contributed by atoms with Crippen LogP contribution in [0.4, 0.5) is 0 Å². The first-order chi connectivity index (χ1) is 15.8. The number of aromatic nitrogens is 3. The van der Waals surface area contributed by atoms with E-state index in [1.807, 2.05) is 45.0 Å². The lowest BCUT2D eigenvalue weighted by molar-refractivity contribution is -0.154. The highest BCUT2D eigenvalue weighted by atomic mass is 32.2. The molecule has 1 aromatic carbocycles. The summed E-state index contributed by atoms with van der Waals surface area (Å²) >= 11 is 1.06. The van der Waals surface area contributed by atoms with Crippen LogP contribution in [0.5, 0.6) is 0 Å². The van der Waals surface area contributed by atoms with E-state index in [2.05, 4.69) is 20.6 Å². The zero-order chi connectivity index (χ0) is 23.7. The first-order valence-electron chi connectivity index (χ1n) is 11.6. The Hall–Kier alpha value is -2.67. The van der Waals surface area contributed by atoms with Gasteiger partial charge in [0.25, 0.3) is 0 Å². The first-order valence-corrected chi connectivity index (χ1v) is 12.4. The van der Waals surface area contributed by atoms with Gasteiger partial charge in [0.05, 0.1) is 5.69 Å². The minimum atomic E-state index is -0.410. The average molecular weight is 468 g/mol. The largest absolute Gasteiger partial charge is 0.460 e. The van der Waals surface area contributed by atoms with E-state index in [-0.39, 0.29) is 11.1 Å². The van der Waals surface area contributed by atoms with Gasteiger partial charge >= 0.3 is 5.97 Å². The topological polar surface area (TPSA) is 74.1 Å². The Morgan fingerprint density at radius 1 is 0.939 bits per heavy atom. The molecule has 0 N–H and O–H groups in total. The molecule has 0 aliphatic carbocycles. The van der Waals surface area contributed by atoms with Gasteiger partial charge < -0.3 is 9.30 Å². The fraction of sp³-hybridized carbons (Fsp3) is 0.462. The molecule has 6 nitrogen and oxygen atoms in total. The smallest absolute Gasteiger partial charge is 0.306 e. The molecule has 0 atom stereocenters. The number of hydrogen-bond donors (Lipinski definition) is 0. The summed E-state index contributed by atoms with van der Waals surface area (Å²) in [5.74, 6) is -0.113. The van der Waals surface area contributed by atoms with Crippen LogP contribution in [0.1, 0.15) is 76.2 Å². The number of carbonyl (C=O) groups is 2. The van der Waals surface area contributed by atoms with E-state index >= 15 is 0 Å². The lowest BCUT2D eigenvalue weighted by Crippen LogP contribution is -2.23. The van der Waals surface area contributed by atoms with E-state index < -0.39 is 5.60 Å². The van der Waals surface area contributed by atoms with Crippen LogP contribution >= 0.6 is 11.8 Å². The van der Waals surface area contributed by atoms with Crippen LogP contribution in [-0.2, 0) is 16.1 Å². The van der Waals surface area contributed by atoms with Crippen molar-refractivity contribution in [3.8, 4) is 0 Å². The zero-order valence-electron chi connectivity index (χ0n) is 19.8. The third-order valence-electron chi connectivity index (χ3n) is 5.18. The van der Waals surface area contributed by atoms with Gasteiger partial charge in [0, 0.05) is 36.3 Å². The Kier molecular flexibility index (Phi) is 9.06. The molecular weight excluding hydrogens is 434 g/mol. The highest BCUT2D eigenvalue weighted by Crippen LogP contribution is 2.26. The van der Waals surface area contributed by atoms with Crippen LogP contribution in [0.15, 0.2) is 53.9 Å². The van der Waals surface area contributed by atoms with E-state index in [0.717, 1.165) is 67.7 Å². The number of ether oxygens (including phenoxy) is 1. The second kappa shape index (κ2) is 12.0. The van der Waals surface area contributed by atoms with Gasteiger partial charge in [-0.3, -0.25) is 9.59 Å². The fourth-order valence-electron chi connectivity index (χ4n) is 3.73. The van der Waals surface area contributed by atoms with Crippen molar-refractivity contribution in [2.45, 2.75) is 83.0 Å². The Bertz CT molecular complexity index is 1060. The molecule has 33 heavy (non-hydrogen) atoms. The van der Waals surface area contributed by atoms with Crippen molar-refractivity contribution in [3.05, 3.63) is 54.5 Å². The molecule has 0 spiro atoms. The SMILES string of the molecule is CC(C)(C)OC(=O)CCCCCCCCn1c(C(=O)Sc2ncccn2)cc2ccccc21. The highest BCUT2D eigenvalue weighted by molar-refractivity contribution is 8.14. The summed E-state index contributed by atoms with van der Waals surface area (Å²) in [6.07, 6.45) is 9.97. The number of rotatable bonds is 11. The van der Waals surface area contributed by atoms with Crippen molar-refractivity contribution in [1.29, 1.82) is 0 Å². The summed E-state index contributed by atoms with van der Waals surface area (Å²) in [7, 11) is 0. The maximum Gasteiger partial charge on any atom is 0.306 e. The molecule has 176 valence electrons. The van der Waals surface area contributed by atoms with Crippen molar-refractivity contribution in [1.82, 2.24) is 14.5 Å². The molecule has 7 heteroatoms. The summed E-state index contributed by atoms with van der Waals surface area (Å²) in [6.45, 7) is 6.48. The Morgan fingerprint density at radius 2 is 1.61 bits per heavy atom. The van der Waals surface area contributed by atoms with Crippen LogP contribution in [0.3, 0.4) is 0 Å². The number of fused-ring (bicyclic) bond motifs is 1. The van der Waals surface area contributed by atoms with Crippen LogP contribution in [0.2, 0.25) is 0 Å². The predicted molar refractivity (Wildman–Crippen MR) is 132 cm³/mol. The molecule has 3 aromatic rings. The predicted octanol–water partition coefficient (Wildman–Crippen LogP) is 6.44. The molecule has 0 fully saturated rings. The molecule has 0 aliphatic rings. The third kappa shape index (κ3) is 8.00. The molecule has 0 saturated carbocycles. The van der Waals surface area contributed by atoms with Crippen LogP contribution in [0, 0.1) is 0 Å². The number of nitrogens with zero attached hydrogens (tertiary/aromatic N) is 3. The quantitative estimate of drug-likeness (QED) is 0.140. The zero-order valence-corrected chi connectivity index (χ0v) is 20.6. The molecule has 0 unspecified atom stereocenters. The van der Waals surface area contributed by atoms with Gasteiger partial charge in [-0.1, -0.05) is 43.9 Å². The lowest BCUT2D eigenvalue weighted by atomic mass is 10.1. The van der Waals surface area contributed by atoms with Crippen molar-refractivity contribution in [2.24, 2.45) is 0 Å². The summed E-state index contributed by atoms with van der Waals surface area (Å²) < 4.78 is 7.47. The lowest BCUT2D eigenvalue weighted by Gasteiger charge is -2.19. The highest BCUT2D eigenvalue weighted by Gasteiger charge is 2.18. The van der Waals surface area contributed by atoms with Gasteiger partial charge in [-0.15, -0.1) is 0 Å². The van der Waals surface area contributed by atoms with E-state index in [1.54, 1.807) is 18.5 Å². The fourth-order valence-corrected chi connectivity index (χ4v) is 4.40. The maximum absolute atomic E-state index is 13.0. The van der Waals surface area contributed by atoms with Crippen molar-refractivity contribution >= 4 is 33.7 Å². The molecule has 0 bridgehead atoms. The molecule has 0 aliphatic heterocycles. The normalized spacial score (nSPS) is 11.6. The van der Waals surface area contributed by atoms with Gasteiger partial charge in [0.1, 0.15) is 5.60 Å². The molecule has 2 aromatic heterocycles. The number of esters is 1. The van der Waals surface area contributed by atoms with Crippen LogP contribution in [-0.4, -0.2) is 31.2 Å². The number of benzene rings is 1. The Labute approximate surface area is 200 Å². The molecule has 3 rings (SSSR count). The first kappa shape index (κ1) is 25.0. The monoisotopic (exact) mass is 467 g/mol. The van der Waals surface area contributed by atoms with Crippen molar-refractivity contribution in [3.63, 3.8) is 0 Å². The minimum absolute atomic E-state index is 0.0421. The standard InChI is InChI=1S/C26H33N3O3S/c1-26(2,3)32-23(30)15-8-6-4-5-7-11-18-29-21-14-10-9-13-20(21)19-22(29)24(31)33-25-27-16-12-17-28-25/h9-10,12-14,16-17,19H,4-8,11,15,18H2,1-3H3. The van der Waals surface area contributed by atoms with E-state index in [0.29, 0.717) is 17.3 Å². The van der Waals surface area contributed by atoms with Gasteiger partial charge in [-0.25, -0.2) is 9.97 Å². The second-order valence-electron chi connectivity index (χ2n) is 9.12. The van der Waals surface area contributed by atoms with E-state index in [4.69, 9.17) is 4.74 Å². The number of para-hydroxylation sites is 1. The van der Waals surface area contributed by atoms with Gasteiger partial charge in [-0.05, 0) is 63.6 Å². The van der Waals surface area contributed by atoms with Gasteiger partial charge in [0.15, 0.2) is 5.16 Å². The number of thioether (sulfide) groups is 1. The molecule has 0 radical (unpaired) electrons. The second-order valence-corrected chi connectivity index (χ2v) is 10.1. The van der Waals surface area contributed by atoms with Gasteiger partial charge in [-0.2, -0.15) is 0 Å². The third-order valence-corrected chi connectivity index (χ3v) is 5.97. The summed E-state index contributed by atoms with van der Waals surface area (Å²) in [6, 6.07) is 11.8. The minimum Gasteiger partial charge on any atom is -0.460 e. The van der Waals surface area contributed by atoms with Crippen molar-refractivity contribution in [2.75, 3.05) is 0 Å². The maximum atomic E-state index is 13.0. The Morgan fingerprint density at radius 3 is 2.33 bits per heavy atom. The number of aryl methyl sites for hydroxylation is 1. The number of hydrogen-bond acceptors (Lipinski definition) is 6. The summed E-state index contributed by atoms with van der Waals surface area (Å²) in [5, 5.41) is 1.49. The summed E-state index contributed by atoms with van der Waals surface area (Å²) in [5.41, 5.74) is 1.35. The van der Waals surface area contributed by atoms with Crippen molar-refractivity contribution < 1.29 is 14.3 Å². The van der Waals surface area contributed by atoms with Gasteiger partial charge in [0.2, 0.25) is 5.12 Å². The number of unbranched alkanes of at least 4 members (excludes halogenated alkanes) is 5. The van der Waals surface area contributed by atoms with Crippen LogP contribution in [0.25, 0.3) is 10.9 Å². The Balaban J connectivity index is 1.47. The number of carbonyl (C=O) groups excluding carboxylic acids is 2. The molecule has 0 saturated heterocycles. The van der Waals surface area contributed by atoms with E-state index in [9.17, 15) is 9.59 Å². The van der Waals surface area contributed by atoms with E-state index in [1.165, 1.54) is 0 Å². The molecular formula is C26H33N3O3S. The molecule has 0 amide bonds. The van der Waals surface area contributed by atoms with Crippen LogP contribution < -0.4 is 0 Å².